The number of hydrogen-bond donors (Lipinski definition) is 2. The van der Waals surface area contributed by atoms with Gasteiger partial charge >= 0.3 is 0 Å². The first-order valence-corrected chi connectivity index (χ1v) is 6.33. The van der Waals surface area contributed by atoms with Crippen LogP contribution in [0.3, 0.4) is 0 Å². The summed E-state index contributed by atoms with van der Waals surface area (Å²) in [6.07, 6.45) is 2.20. The van der Waals surface area contributed by atoms with Gasteiger partial charge in [-0.15, -0.1) is 0 Å². The van der Waals surface area contributed by atoms with Gasteiger partial charge in [-0.1, -0.05) is 0 Å². The van der Waals surface area contributed by atoms with E-state index in [1.165, 1.54) is 11.1 Å². The fourth-order valence-electron chi connectivity index (χ4n) is 2.74. The van der Waals surface area contributed by atoms with Gasteiger partial charge < -0.3 is 10.6 Å². The SMILES string of the molecule is CNc1cc(C)c(C2CCNC(C)C2)cc1F. The molecule has 0 spiro atoms. The molecule has 0 aliphatic carbocycles. The summed E-state index contributed by atoms with van der Waals surface area (Å²) >= 11 is 0. The third kappa shape index (κ3) is 2.60. The first kappa shape index (κ1) is 12.4. The second kappa shape index (κ2) is 5.05. The number of hydrogen-bond acceptors (Lipinski definition) is 2. The summed E-state index contributed by atoms with van der Waals surface area (Å²) in [4.78, 5) is 0. The van der Waals surface area contributed by atoms with E-state index in [4.69, 9.17) is 0 Å². The van der Waals surface area contributed by atoms with E-state index in [2.05, 4.69) is 24.5 Å². The lowest BCUT2D eigenvalue weighted by Gasteiger charge is -2.29. The van der Waals surface area contributed by atoms with Crippen LogP contribution in [0.15, 0.2) is 12.1 Å². The average Bonchev–Trinajstić information content (AvgIpc) is 2.31. The topological polar surface area (TPSA) is 24.1 Å². The van der Waals surface area contributed by atoms with Gasteiger partial charge in [0.1, 0.15) is 5.82 Å². The van der Waals surface area contributed by atoms with Crippen LogP contribution in [-0.2, 0) is 0 Å². The number of benzene rings is 1. The molecule has 0 bridgehead atoms. The van der Waals surface area contributed by atoms with Crippen molar-refractivity contribution in [2.24, 2.45) is 0 Å². The molecule has 0 aromatic heterocycles. The number of aryl methyl sites for hydroxylation is 1. The Balaban J connectivity index is 2.28. The predicted octanol–water partition coefficient (Wildman–Crippen LogP) is 3.03. The lowest BCUT2D eigenvalue weighted by atomic mass is 9.84. The lowest BCUT2D eigenvalue weighted by molar-refractivity contribution is 0.379. The van der Waals surface area contributed by atoms with Crippen LogP contribution in [-0.4, -0.2) is 19.6 Å². The van der Waals surface area contributed by atoms with Crippen molar-refractivity contribution in [3.8, 4) is 0 Å². The van der Waals surface area contributed by atoms with Crippen molar-refractivity contribution in [2.45, 2.75) is 38.6 Å². The zero-order valence-electron chi connectivity index (χ0n) is 10.8. The van der Waals surface area contributed by atoms with Gasteiger partial charge in [0.25, 0.3) is 0 Å². The normalized spacial score (nSPS) is 24.7. The molecular weight excluding hydrogens is 215 g/mol. The van der Waals surface area contributed by atoms with Crippen LogP contribution < -0.4 is 10.6 Å². The van der Waals surface area contributed by atoms with Crippen LogP contribution in [0.4, 0.5) is 10.1 Å². The van der Waals surface area contributed by atoms with Crippen molar-refractivity contribution >= 4 is 5.69 Å². The summed E-state index contributed by atoms with van der Waals surface area (Å²) in [6.45, 7) is 5.29. The molecule has 2 atom stereocenters. The molecule has 2 nitrogen and oxygen atoms in total. The van der Waals surface area contributed by atoms with Crippen molar-refractivity contribution in [2.75, 3.05) is 18.9 Å². The van der Waals surface area contributed by atoms with E-state index >= 15 is 0 Å². The maximum absolute atomic E-state index is 13.8. The lowest BCUT2D eigenvalue weighted by Crippen LogP contribution is -2.35. The summed E-state index contributed by atoms with van der Waals surface area (Å²) in [5, 5.41) is 6.32. The van der Waals surface area contributed by atoms with Crippen molar-refractivity contribution < 1.29 is 4.39 Å². The largest absolute Gasteiger partial charge is 0.386 e. The van der Waals surface area contributed by atoms with Gasteiger partial charge in [0.05, 0.1) is 5.69 Å². The molecule has 1 aromatic carbocycles. The highest BCUT2D eigenvalue weighted by Crippen LogP contribution is 2.32. The maximum atomic E-state index is 13.8. The molecule has 2 unspecified atom stereocenters. The molecule has 1 fully saturated rings. The molecular formula is C14H21FN2. The van der Waals surface area contributed by atoms with E-state index in [-0.39, 0.29) is 5.82 Å². The number of nitrogens with one attached hydrogen (secondary N) is 2. The third-order valence-corrected chi connectivity index (χ3v) is 3.69. The summed E-state index contributed by atoms with van der Waals surface area (Å²) in [5.74, 6) is 0.353. The molecule has 17 heavy (non-hydrogen) atoms. The van der Waals surface area contributed by atoms with E-state index in [9.17, 15) is 4.39 Å². The Labute approximate surface area is 103 Å². The molecule has 3 heteroatoms. The molecule has 1 saturated heterocycles. The van der Waals surface area contributed by atoms with Crippen LogP contribution in [0.1, 0.15) is 36.8 Å². The smallest absolute Gasteiger partial charge is 0.146 e. The second-order valence-corrected chi connectivity index (χ2v) is 5.02. The summed E-state index contributed by atoms with van der Waals surface area (Å²) < 4.78 is 13.8. The van der Waals surface area contributed by atoms with Gasteiger partial charge in [0.2, 0.25) is 0 Å². The Morgan fingerprint density at radius 2 is 2.18 bits per heavy atom. The van der Waals surface area contributed by atoms with Gasteiger partial charge in [-0.05, 0) is 62.4 Å². The molecule has 1 aliphatic heterocycles. The maximum Gasteiger partial charge on any atom is 0.146 e. The zero-order valence-corrected chi connectivity index (χ0v) is 10.8. The van der Waals surface area contributed by atoms with Crippen LogP contribution in [0.5, 0.6) is 0 Å². The number of anilines is 1. The fraction of sp³-hybridized carbons (Fsp3) is 0.571. The molecule has 2 rings (SSSR count). The highest BCUT2D eigenvalue weighted by atomic mass is 19.1. The molecule has 0 amide bonds. The van der Waals surface area contributed by atoms with Crippen LogP contribution in [0.2, 0.25) is 0 Å². The third-order valence-electron chi connectivity index (χ3n) is 3.69. The molecule has 2 N–H and O–H groups in total. The molecule has 0 saturated carbocycles. The van der Waals surface area contributed by atoms with Crippen molar-refractivity contribution in [3.63, 3.8) is 0 Å². The van der Waals surface area contributed by atoms with E-state index in [1.807, 2.05) is 6.07 Å². The first-order valence-electron chi connectivity index (χ1n) is 6.33. The van der Waals surface area contributed by atoms with Gasteiger partial charge in [0, 0.05) is 13.1 Å². The van der Waals surface area contributed by atoms with Crippen LogP contribution in [0, 0.1) is 12.7 Å². The molecule has 1 aromatic rings. The second-order valence-electron chi connectivity index (χ2n) is 5.02. The van der Waals surface area contributed by atoms with E-state index in [0.717, 1.165) is 19.4 Å². The van der Waals surface area contributed by atoms with Gasteiger partial charge in [-0.3, -0.25) is 0 Å². The number of halogens is 1. The summed E-state index contributed by atoms with van der Waals surface area (Å²) in [7, 11) is 1.75. The van der Waals surface area contributed by atoms with Gasteiger partial charge in [-0.2, -0.15) is 0 Å². The zero-order chi connectivity index (χ0) is 12.4. The Morgan fingerprint density at radius 3 is 2.82 bits per heavy atom. The Bertz CT molecular complexity index is 403. The summed E-state index contributed by atoms with van der Waals surface area (Å²) in [5.41, 5.74) is 2.96. The van der Waals surface area contributed by atoms with Crippen molar-refractivity contribution in [1.82, 2.24) is 5.32 Å². The standard InChI is InChI=1S/C14H21FN2/c1-9-6-14(16-3)13(15)8-12(9)11-4-5-17-10(2)7-11/h6,8,10-11,16-17H,4-5,7H2,1-3H3. The van der Waals surface area contributed by atoms with Gasteiger partial charge in [-0.25, -0.2) is 4.39 Å². The Morgan fingerprint density at radius 1 is 1.41 bits per heavy atom. The Kier molecular flexibility index (Phi) is 3.67. The number of piperidine rings is 1. The van der Waals surface area contributed by atoms with E-state index in [0.29, 0.717) is 17.6 Å². The average molecular weight is 236 g/mol. The van der Waals surface area contributed by atoms with Crippen LogP contribution in [0.25, 0.3) is 0 Å². The highest BCUT2D eigenvalue weighted by molar-refractivity contribution is 5.50. The first-order chi connectivity index (χ1) is 8.11. The van der Waals surface area contributed by atoms with E-state index in [1.54, 1.807) is 13.1 Å². The number of rotatable bonds is 2. The minimum Gasteiger partial charge on any atom is -0.386 e. The molecule has 94 valence electrons. The monoisotopic (exact) mass is 236 g/mol. The van der Waals surface area contributed by atoms with Crippen molar-refractivity contribution in [1.29, 1.82) is 0 Å². The fourth-order valence-corrected chi connectivity index (χ4v) is 2.74. The summed E-state index contributed by atoms with van der Waals surface area (Å²) in [6, 6.07) is 4.15. The minimum atomic E-state index is -0.140. The van der Waals surface area contributed by atoms with Crippen LogP contribution >= 0.6 is 0 Å². The predicted molar refractivity (Wildman–Crippen MR) is 70.1 cm³/mol. The molecule has 1 aliphatic rings. The molecule has 0 radical (unpaired) electrons. The molecule has 1 heterocycles. The van der Waals surface area contributed by atoms with Gasteiger partial charge in [0.15, 0.2) is 0 Å². The quantitative estimate of drug-likeness (QED) is 0.824. The van der Waals surface area contributed by atoms with Crippen molar-refractivity contribution in [3.05, 3.63) is 29.1 Å². The van der Waals surface area contributed by atoms with E-state index < -0.39 is 0 Å². The highest BCUT2D eigenvalue weighted by Gasteiger charge is 2.22. The minimum absolute atomic E-state index is 0.140. The Hall–Kier alpha value is -1.09.